The molecule has 8 aromatic carbocycles. The maximum Gasteiger partial charge on any atom is 0.201 e. The summed E-state index contributed by atoms with van der Waals surface area (Å²) >= 11 is 0. The Kier molecular flexibility index (Phi) is 21.4. The molecule has 1 aliphatic carbocycles. The van der Waals surface area contributed by atoms with Crippen molar-refractivity contribution in [2.45, 2.75) is 0 Å². The molecule has 0 saturated carbocycles. The first-order valence-electron chi connectivity index (χ1n) is 18.4. The molecular formula is C50H40O10Ti2. The molecule has 0 spiro atoms. The van der Waals surface area contributed by atoms with Crippen molar-refractivity contribution in [2.24, 2.45) is 0 Å². The zero-order valence-electron chi connectivity index (χ0n) is 33.0. The third-order valence-electron chi connectivity index (χ3n) is 7.98. The fraction of sp³-hybridized carbons (Fsp3) is 0. The van der Waals surface area contributed by atoms with Gasteiger partial charge >= 0.3 is 0 Å². The topological polar surface area (TPSA) is 152 Å². The first-order chi connectivity index (χ1) is 29.3. The largest absolute Gasteiger partial charge is 0.508 e. The van der Waals surface area contributed by atoms with Gasteiger partial charge in [-0.2, -0.15) is 0 Å². The van der Waals surface area contributed by atoms with Gasteiger partial charge in [0.1, 0.15) is 23.0 Å². The molecule has 308 valence electrons. The smallest absolute Gasteiger partial charge is 0.201 e. The van der Waals surface area contributed by atoms with Crippen LogP contribution in [-0.2, 0) is 43.4 Å². The Hall–Kier alpha value is -7.07. The fourth-order valence-corrected chi connectivity index (χ4v) is 5.16. The van der Waals surface area contributed by atoms with E-state index in [1.54, 1.807) is 48.5 Å². The summed E-state index contributed by atoms with van der Waals surface area (Å²) in [6, 6.07) is 63.6. The Morgan fingerprint density at radius 3 is 0.742 bits per heavy atom. The van der Waals surface area contributed by atoms with Crippen LogP contribution in [-0.4, -0.2) is 32.0 Å². The normalized spacial score (nSPS) is 10.0. The molecule has 1 aliphatic rings. The number of hydrogen-bond donors (Lipinski definition) is 4. The number of benzene rings is 8. The number of phenolic OH excluding ortho intramolecular Hbond substituents is 4. The zero-order valence-corrected chi connectivity index (χ0v) is 36.1. The van der Waals surface area contributed by atoms with Crippen LogP contribution in [0.3, 0.4) is 0 Å². The average molecular weight is 897 g/mol. The van der Waals surface area contributed by atoms with Crippen molar-refractivity contribution >= 4 is 11.6 Å². The van der Waals surface area contributed by atoms with Crippen molar-refractivity contribution in [1.82, 2.24) is 0 Å². The monoisotopic (exact) mass is 896 g/mol. The zero-order chi connectivity index (χ0) is 42.4. The van der Waals surface area contributed by atoms with E-state index in [-0.39, 0.29) is 83.0 Å². The second-order valence-corrected chi connectivity index (χ2v) is 12.3. The van der Waals surface area contributed by atoms with Gasteiger partial charge in [-0.05, 0) is 84.9 Å². The van der Waals surface area contributed by atoms with Crippen molar-refractivity contribution in [3.05, 3.63) is 241 Å². The van der Waals surface area contributed by atoms with Crippen LogP contribution < -0.4 is 19.6 Å². The number of rotatable bonds is 6. The van der Waals surface area contributed by atoms with E-state index >= 15 is 0 Å². The predicted molar refractivity (Wildman–Crippen MR) is 228 cm³/mol. The molecule has 62 heavy (non-hydrogen) atoms. The number of aromatic hydroxyl groups is 4. The summed E-state index contributed by atoms with van der Waals surface area (Å²) in [5.41, 5.74) is 0.240. The number of fused-ring (bicyclic) bond motifs is 2. The number of para-hydroxylation sites is 6. The minimum Gasteiger partial charge on any atom is -0.508 e. The molecule has 8 aromatic rings. The summed E-state index contributed by atoms with van der Waals surface area (Å²) < 4.78 is 0. The van der Waals surface area contributed by atoms with Gasteiger partial charge in [0.2, 0.25) is 5.78 Å². The van der Waals surface area contributed by atoms with E-state index in [9.17, 15) is 19.8 Å². The maximum atomic E-state index is 12.2. The van der Waals surface area contributed by atoms with Crippen LogP contribution in [0, 0.1) is 0 Å². The van der Waals surface area contributed by atoms with Crippen molar-refractivity contribution < 1.29 is 93.0 Å². The molecule has 0 amide bonds. The average Bonchev–Trinajstić information content (AvgIpc) is 3.29. The molecule has 0 aliphatic heterocycles. The third kappa shape index (κ3) is 15.8. The SMILES string of the molecule is O=C1c2cccc(O)c2C(=O)c2c(O)cccc21.Oc1ccccc1.Oc1ccccc1.[Ti].[Ti].c1ccc(OOc2ccccc2)cc1.c1ccc(OOc2ccccc2)cc1. The molecule has 9 rings (SSSR count). The summed E-state index contributed by atoms with van der Waals surface area (Å²) in [7, 11) is 0. The van der Waals surface area contributed by atoms with Gasteiger partial charge in [0.05, 0.1) is 11.1 Å². The van der Waals surface area contributed by atoms with Crippen LogP contribution in [0.1, 0.15) is 31.8 Å². The summed E-state index contributed by atoms with van der Waals surface area (Å²) in [4.78, 5) is 44.8. The van der Waals surface area contributed by atoms with E-state index in [1.807, 2.05) is 133 Å². The predicted octanol–water partition coefficient (Wildman–Crippen LogP) is 10.8. The van der Waals surface area contributed by atoms with Crippen LogP contribution in [0.5, 0.6) is 46.0 Å². The Morgan fingerprint density at radius 2 is 0.516 bits per heavy atom. The molecule has 0 saturated heterocycles. The number of hydrogen-bond acceptors (Lipinski definition) is 10. The molecule has 0 unspecified atom stereocenters. The molecule has 0 heterocycles. The molecule has 0 atom stereocenters. The second-order valence-electron chi connectivity index (χ2n) is 12.3. The van der Waals surface area contributed by atoms with Crippen LogP contribution in [0.2, 0.25) is 0 Å². The molecule has 4 N–H and O–H groups in total. The molecule has 0 fully saturated rings. The molecular weight excluding hydrogens is 856 g/mol. The minimum atomic E-state index is -0.532. The van der Waals surface area contributed by atoms with Crippen LogP contribution in [0.15, 0.2) is 218 Å². The minimum absolute atomic E-state index is 0. The molecule has 0 aromatic heterocycles. The first-order valence-corrected chi connectivity index (χ1v) is 18.4. The van der Waals surface area contributed by atoms with Crippen molar-refractivity contribution in [3.63, 3.8) is 0 Å². The van der Waals surface area contributed by atoms with E-state index < -0.39 is 5.78 Å². The quantitative estimate of drug-likeness (QED) is 0.0721. The van der Waals surface area contributed by atoms with Crippen molar-refractivity contribution in [1.29, 1.82) is 0 Å². The standard InChI is InChI=1S/C14H8O4.2C12H10O2.2C6H6O.2Ti/c15-9-5-1-3-7-11(9)14(18)12-8(13(7)17)4-2-6-10(12)16;2*1-3-7-11(8-4-1)13-14-12-9-5-2-6-10-12;2*7-6-4-2-1-3-5-6;;/h1-6,15-16H;2*1-10H;2*1-5,7H;;. The Morgan fingerprint density at radius 1 is 0.274 bits per heavy atom. The molecule has 0 bridgehead atoms. The van der Waals surface area contributed by atoms with Gasteiger partial charge in [0.15, 0.2) is 28.8 Å². The molecule has 10 nitrogen and oxygen atoms in total. The number of phenols is 4. The first kappa shape index (κ1) is 49.3. The van der Waals surface area contributed by atoms with Crippen LogP contribution in [0.25, 0.3) is 0 Å². The third-order valence-corrected chi connectivity index (χ3v) is 7.98. The number of ketones is 2. The van der Waals surface area contributed by atoms with E-state index in [0.717, 1.165) is 0 Å². The fourth-order valence-electron chi connectivity index (χ4n) is 5.16. The summed E-state index contributed by atoms with van der Waals surface area (Å²) in [5, 5.41) is 36.7. The summed E-state index contributed by atoms with van der Waals surface area (Å²) in [6.45, 7) is 0. The van der Waals surface area contributed by atoms with E-state index in [4.69, 9.17) is 29.8 Å². The maximum absolute atomic E-state index is 12.2. The number of carbonyl (C=O) groups excluding carboxylic acids is 2. The number of carbonyl (C=O) groups is 2. The van der Waals surface area contributed by atoms with Crippen molar-refractivity contribution in [2.75, 3.05) is 0 Å². The Bertz CT molecular complexity index is 2240. The second kappa shape index (κ2) is 26.9. The van der Waals surface area contributed by atoms with E-state index in [1.165, 1.54) is 36.4 Å². The van der Waals surface area contributed by atoms with Gasteiger partial charge in [-0.25, -0.2) is 0 Å². The Labute approximate surface area is 388 Å². The van der Waals surface area contributed by atoms with Gasteiger partial charge in [-0.1, -0.05) is 133 Å². The van der Waals surface area contributed by atoms with Gasteiger partial charge in [0, 0.05) is 54.6 Å². The van der Waals surface area contributed by atoms with E-state index in [2.05, 4.69) is 0 Å². The summed E-state index contributed by atoms with van der Waals surface area (Å²) in [5.74, 6) is 2.01. The molecule has 0 radical (unpaired) electrons. The van der Waals surface area contributed by atoms with Crippen LogP contribution in [0.4, 0.5) is 0 Å². The molecule has 12 heteroatoms. The van der Waals surface area contributed by atoms with Gasteiger partial charge in [-0.3, -0.25) is 29.1 Å². The van der Waals surface area contributed by atoms with E-state index in [0.29, 0.717) is 34.5 Å². The van der Waals surface area contributed by atoms with Gasteiger partial charge in [0.25, 0.3) is 0 Å². The Balaban J connectivity index is 0.000000213. The van der Waals surface area contributed by atoms with Gasteiger partial charge in [-0.15, -0.1) is 0 Å². The van der Waals surface area contributed by atoms with Crippen molar-refractivity contribution in [3.8, 4) is 46.0 Å². The van der Waals surface area contributed by atoms with Gasteiger partial charge < -0.3 is 20.4 Å². The summed E-state index contributed by atoms with van der Waals surface area (Å²) in [6.07, 6.45) is 0. The van der Waals surface area contributed by atoms with Crippen LogP contribution >= 0.6 is 0 Å².